The molecule has 116 valence electrons. The lowest BCUT2D eigenvalue weighted by Crippen LogP contribution is -2.43. The minimum atomic E-state index is -3.33. The highest BCUT2D eigenvalue weighted by Gasteiger charge is 2.34. The van der Waals surface area contributed by atoms with Crippen LogP contribution in [-0.4, -0.2) is 62.7 Å². The van der Waals surface area contributed by atoms with E-state index in [1.165, 1.54) is 24.6 Å². The van der Waals surface area contributed by atoms with Gasteiger partial charge in [-0.05, 0) is 12.1 Å². The monoisotopic (exact) mass is 313 g/mol. The van der Waals surface area contributed by atoms with Gasteiger partial charge in [0.25, 0.3) is 5.91 Å². The summed E-state index contributed by atoms with van der Waals surface area (Å²) in [6.45, 7) is 0.631. The number of carbonyl (C=O) groups excluding carboxylic acids is 1. The summed E-state index contributed by atoms with van der Waals surface area (Å²) in [6, 6.07) is 4.73. The highest BCUT2D eigenvalue weighted by molar-refractivity contribution is 7.89. The van der Waals surface area contributed by atoms with Crippen molar-refractivity contribution in [3.63, 3.8) is 0 Å². The quantitative estimate of drug-likeness (QED) is 0.807. The first-order chi connectivity index (χ1) is 9.90. The van der Waals surface area contributed by atoms with Crippen molar-refractivity contribution in [3.8, 4) is 0 Å². The summed E-state index contributed by atoms with van der Waals surface area (Å²) in [4.78, 5) is 16.0. The summed E-state index contributed by atoms with van der Waals surface area (Å²) in [6.07, 6.45) is 1.54. The molecule has 1 aromatic rings. The molecule has 2 heterocycles. The highest BCUT2D eigenvalue weighted by atomic mass is 32.2. The van der Waals surface area contributed by atoms with Crippen LogP contribution < -0.4 is 5.32 Å². The van der Waals surface area contributed by atoms with E-state index in [-0.39, 0.29) is 23.6 Å². The maximum Gasteiger partial charge on any atom is 0.270 e. The van der Waals surface area contributed by atoms with Crippen molar-refractivity contribution in [2.45, 2.75) is 6.04 Å². The van der Waals surface area contributed by atoms with Gasteiger partial charge in [0.05, 0.1) is 25.0 Å². The maximum atomic E-state index is 12.1. The number of sulfonamides is 1. The minimum Gasteiger partial charge on any atom is -0.379 e. The van der Waals surface area contributed by atoms with Crippen LogP contribution in [0.1, 0.15) is 10.5 Å². The molecule has 0 unspecified atom stereocenters. The van der Waals surface area contributed by atoms with Gasteiger partial charge in [0.15, 0.2) is 0 Å². The Balaban J connectivity index is 2.01. The molecule has 21 heavy (non-hydrogen) atoms. The third-order valence-corrected chi connectivity index (χ3v) is 5.36. The first-order valence-corrected chi connectivity index (χ1v) is 8.21. The zero-order chi connectivity index (χ0) is 15.5. The van der Waals surface area contributed by atoms with E-state index < -0.39 is 10.0 Å². The van der Waals surface area contributed by atoms with Crippen LogP contribution in [0.2, 0.25) is 0 Å². The second kappa shape index (κ2) is 6.50. The summed E-state index contributed by atoms with van der Waals surface area (Å²) >= 11 is 0. The van der Waals surface area contributed by atoms with Crippen molar-refractivity contribution in [2.75, 3.05) is 33.1 Å². The van der Waals surface area contributed by atoms with Crippen molar-refractivity contribution < 1.29 is 17.9 Å². The van der Waals surface area contributed by atoms with Crippen molar-refractivity contribution in [3.05, 3.63) is 30.1 Å². The number of hydrogen-bond donors (Lipinski definition) is 1. The van der Waals surface area contributed by atoms with E-state index in [0.717, 1.165) is 0 Å². The molecule has 2 atom stereocenters. The molecule has 0 saturated carbocycles. The Bertz CT molecular complexity index is 589. The second-order valence-electron chi connectivity index (χ2n) is 5.15. The third kappa shape index (κ3) is 3.99. The molecule has 1 saturated heterocycles. The van der Waals surface area contributed by atoms with Gasteiger partial charge in [-0.3, -0.25) is 9.78 Å². The van der Waals surface area contributed by atoms with E-state index in [9.17, 15) is 13.2 Å². The van der Waals surface area contributed by atoms with Gasteiger partial charge in [-0.15, -0.1) is 0 Å². The van der Waals surface area contributed by atoms with Gasteiger partial charge in [-0.2, -0.15) is 0 Å². The maximum absolute atomic E-state index is 12.1. The minimum absolute atomic E-state index is 0.0484. The van der Waals surface area contributed by atoms with Crippen LogP contribution in [0.4, 0.5) is 0 Å². The molecule has 8 heteroatoms. The molecule has 1 fully saturated rings. The lowest BCUT2D eigenvalue weighted by molar-refractivity contribution is 0.0921. The fourth-order valence-electron chi connectivity index (χ4n) is 2.08. The number of aromatic nitrogens is 1. The van der Waals surface area contributed by atoms with E-state index in [0.29, 0.717) is 18.9 Å². The number of hydrogen-bond acceptors (Lipinski definition) is 5. The Morgan fingerprint density at radius 3 is 2.81 bits per heavy atom. The number of ether oxygens (including phenoxy) is 1. The lowest BCUT2D eigenvalue weighted by atomic mass is 10.1. The topological polar surface area (TPSA) is 88.6 Å². The average Bonchev–Trinajstić information content (AvgIpc) is 2.86. The summed E-state index contributed by atoms with van der Waals surface area (Å²) < 4.78 is 30.4. The molecule has 0 aromatic carbocycles. The Hall–Kier alpha value is -1.51. The number of nitrogens with one attached hydrogen (secondary N) is 1. The second-order valence-corrected chi connectivity index (χ2v) is 7.38. The van der Waals surface area contributed by atoms with Gasteiger partial charge in [-0.1, -0.05) is 6.07 Å². The van der Waals surface area contributed by atoms with E-state index in [1.54, 1.807) is 18.2 Å². The molecule has 0 spiro atoms. The zero-order valence-corrected chi connectivity index (χ0v) is 12.8. The third-order valence-electron chi connectivity index (χ3n) is 3.39. The fraction of sp³-hybridized carbons (Fsp3) is 0.538. The van der Waals surface area contributed by atoms with E-state index in [4.69, 9.17) is 4.74 Å². The smallest absolute Gasteiger partial charge is 0.270 e. The van der Waals surface area contributed by atoms with Gasteiger partial charge in [-0.25, -0.2) is 12.7 Å². The number of carbonyl (C=O) groups is 1. The van der Waals surface area contributed by atoms with Crippen molar-refractivity contribution >= 4 is 15.9 Å². The summed E-state index contributed by atoms with van der Waals surface area (Å²) in [5.74, 6) is -0.629. The first kappa shape index (κ1) is 15.9. The molecule has 1 N–H and O–H groups in total. The van der Waals surface area contributed by atoms with Crippen LogP contribution in [0.25, 0.3) is 0 Å². The molecular weight excluding hydrogens is 294 g/mol. The zero-order valence-electron chi connectivity index (χ0n) is 12.0. The predicted molar refractivity (Wildman–Crippen MR) is 77.3 cm³/mol. The average molecular weight is 313 g/mol. The SMILES string of the molecule is CN(C)S(=O)(=O)C[C@@H]1COC[C@@H]1NC(=O)c1ccccn1. The van der Waals surface area contributed by atoms with Gasteiger partial charge < -0.3 is 10.1 Å². The van der Waals surface area contributed by atoms with E-state index in [2.05, 4.69) is 10.3 Å². The molecule has 7 nitrogen and oxygen atoms in total. The molecule has 2 rings (SSSR count). The molecule has 0 bridgehead atoms. The lowest BCUT2D eigenvalue weighted by Gasteiger charge is -2.20. The predicted octanol–water partition coefficient (Wildman–Crippen LogP) is -0.282. The Morgan fingerprint density at radius 1 is 1.43 bits per heavy atom. The summed E-state index contributed by atoms with van der Waals surface area (Å²) in [5, 5.41) is 2.80. The molecule has 0 aliphatic carbocycles. The summed E-state index contributed by atoms with van der Waals surface area (Å²) in [5.41, 5.74) is 0.304. The normalized spacial score (nSPS) is 22.4. The van der Waals surface area contributed by atoms with Gasteiger partial charge in [0.2, 0.25) is 10.0 Å². The van der Waals surface area contributed by atoms with Crippen molar-refractivity contribution in [2.24, 2.45) is 5.92 Å². The van der Waals surface area contributed by atoms with Crippen LogP contribution in [0.5, 0.6) is 0 Å². The number of rotatable bonds is 5. The van der Waals surface area contributed by atoms with Crippen LogP contribution in [0.15, 0.2) is 24.4 Å². The van der Waals surface area contributed by atoms with Crippen LogP contribution in [0.3, 0.4) is 0 Å². The Labute approximate surface area is 124 Å². The van der Waals surface area contributed by atoms with Crippen LogP contribution >= 0.6 is 0 Å². The number of pyridine rings is 1. The van der Waals surface area contributed by atoms with Gasteiger partial charge in [0, 0.05) is 26.2 Å². The van der Waals surface area contributed by atoms with E-state index in [1.807, 2.05) is 0 Å². The highest BCUT2D eigenvalue weighted by Crippen LogP contribution is 2.17. The van der Waals surface area contributed by atoms with E-state index >= 15 is 0 Å². The Morgan fingerprint density at radius 2 is 2.19 bits per heavy atom. The standard InChI is InChI=1S/C13H19N3O4S/c1-16(2)21(18,19)9-10-7-20-8-12(10)15-13(17)11-5-3-4-6-14-11/h3-6,10,12H,7-9H2,1-2H3,(H,15,17)/t10-,12-/m0/s1. The van der Waals surface area contributed by atoms with Crippen LogP contribution in [-0.2, 0) is 14.8 Å². The molecule has 1 aromatic heterocycles. The summed E-state index contributed by atoms with van der Waals surface area (Å²) in [7, 11) is -0.343. The van der Waals surface area contributed by atoms with Crippen molar-refractivity contribution in [1.82, 2.24) is 14.6 Å². The molecule has 1 aliphatic heterocycles. The largest absolute Gasteiger partial charge is 0.379 e. The first-order valence-electron chi connectivity index (χ1n) is 6.60. The number of nitrogens with zero attached hydrogens (tertiary/aromatic N) is 2. The van der Waals surface area contributed by atoms with Crippen LogP contribution in [0, 0.1) is 5.92 Å². The Kier molecular flexibility index (Phi) is 4.92. The van der Waals surface area contributed by atoms with Crippen molar-refractivity contribution in [1.29, 1.82) is 0 Å². The molecule has 1 amide bonds. The number of amides is 1. The molecule has 0 radical (unpaired) electrons. The molecular formula is C13H19N3O4S. The van der Waals surface area contributed by atoms with Gasteiger partial charge in [0.1, 0.15) is 5.69 Å². The molecule has 1 aliphatic rings. The fourth-order valence-corrected chi connectivity index (χ4v) is 3.25. The van der Waals surface area contributed by atoms with Gasteiger partial charge >= 0.3 is 0 Å².